The third kappa shape index (κ3) is 11.2. The van der Waals surface area contributed by atoms with Gasteiger partial charge in [-0.05, 0) is 38.2 Å². The van der Waals surface area contributed by atoms with Crippen molar-refractivity contribution in [3.05, 3.63) is 35.4 Å². The smallest absolute Gasteiger partial charge is 0.325 e. The number of benzene rings is 1. The van der Waals surface area contributed by atoms with E-state index in [1.165, 1.54) is 6.92 Å². The summed E-state index contributed by atoms with van der Waals surface area (Å²) in [5, 5.41) is 14.3. The van der Waals surface area contributed by atoms with Gasteiger partial charge in [-0.1, -0.05) is 69.9 Å². The van der Waals surface area contributed by atoms with Crippen molar-refractivity contribution in [2.75, 3.05) is 0 Å². The van der Waals surface area contributed by atoms with Crippen LogP contribution in [0.5, 0.6) is 0 Å². The lowest BCUT2D eigenvalue weighted by Crippen LogP contribution is -2.52. The number of hydrogen-bond acceptors (Lipinski definition) is 6. The van der Waals surface area contributed by atoms with Crippen LogP contribution in [0.15, 0.2) is 24.3 Å². The zero-order valence-electron chi connectivity index (χ0n) is 22.2. The van der Waals surface area contributed by atoms with E-state index in [1.54, 1.807) is 0 Å². The summed E-state index contributed by atoms with van der Waals surface area (Å²) in [6.07, 6.45) is 3.31. The van der Waals surface area contributed by atoms with Crippen LogP contribution >= 0.6 is 0 Å². The second-order valence-corrected chi connectivity index (χ2v) is 9.55. The highest BCUT2D eigenvalue weighted by molar-refractivity contribution is 5.90. The molecule has 0 saturated heterocycles. The van der Waals surface area contributed by atoms with Gasteiger partial charge in [0.1, 0.15) is 24.2 Å². The van der Waals surface area contributed by atoms with Crippen LogP contribution in [-0.2, 0) is 30.3 Å². The quantitative estimate of drug-likeness (QED) is 0.199. The molecule has 0 fully saturated rings. The molecule has 5 N–H and O–H groups in total. The van der Waals surface area contributed by atoms with Crippen LogP contribution < -0.4 is 16.4 Å². The minimum atomic E-state index is -1.18. The minimum Gasteiger partial charge on any atom is -0.480 e. The Bertz CT molecular complexity index is 858. The van der Waals surface area contributed by atoms with Crippen molar-refractivity contribution < 1.29 is 29.0 Å². The van der Waals surface area contributed by atoms with Crippen LogP contribution in [0.1, 0.15) is 77.3 Å². The number of esters is 1. The maximum absolute atomic E-state index is 13.0. The highest BCUT2D eigenvalue weighted by Gasteiger charge is 2.28. The molecule has 0 unspecified atom stereocenters. The summed E-state index contributed by atoms with van der Waals surface area (Å²) in [5.41, 5.74) is 7.88. The standard InChI is InChI=1S/C27H43N3O6/c1-6-8-9-10-21(36-27(35)24(28)18(4)7-2)16-23(31)30-22(25(32)29-19(5)26(33)34)15-20-13-11-17(3)12-14-20/h11-14,18-19,21-22,24H,6-10,15-16,28H2,1-5H3,(H,29,32)(H,30,31)(H,33,34)/t18-,19-,21+,22-,24+/m0/s1. The molecule has 1 aromatic rings. The number of nitrogens with one attached hydrogen (secondary N) is 2. The Morgan fingerprint density at radius 2 is 1.67 bits per heavy atom. The summed E-state index contributed by atoms with van der Waals surface area (Å²) < 4.78 is 5.62. The molecule has 0 radical (unpaired) electrons. The highest BCUT2D eigenvalue weighted by atomic mass is 16.5. The highest BCUT2D eigenvalue weighted by Crippen LogP contribution is 2.15. The first-order valence-electron chi connectivity index (χ1n) is 12.8. The molecule has 9 nitrogen and oxygen atoms in total. The normalized spacial score (nSPS) is 15.2. The van der Waals surface area contributed by atoms with Gasteiger partial charge in [0.25, 0.3) is 0 Å². The van der Waals surface area contributed by atoms with Gasteiger partial charge in [0, 0.05) is 6.42 Å². The van der Waals surface area contributed by atoms with E-state index >= 15 is 0 Å². The number of aliphatic carboxylic acids is 1. The van der Waals surface area contributed by atoms with Crippen LogP contribution in [0.3, 0.4) is 0 Å². The van der Waals surface area contributed by atoms with Gasteiger partial charge in [0.05, 0.1) is 6.42 Å². The largest absolute Gasteiger partial charge is 0.480 e. The third-order valence-electron chi connectivity index (χ3n) is 6.30. The van der Waals surface area contributed by atoms with Crippen molar-refractivity contribution in [1.29, 1.82) is 0 Å². The number of ether oxygens (including phenoxy) is 1. The minimum absolute atomic E-state index is 0.0542. The molecule has 2 amide bonds. The number of carbonyl (C=O) groups is 4. The van der Waals surface area contributed by atoms with E-state index < -0.39 is 48.0 Å². The van der Waals surface area contributed by atoms with Gasteiger partial charge in [-0.2, -0.15) is 0 Å². The Morgan fingerprint density at radius 3 is 2.22 bits per heavy atom. The molecule has 1 rings (SSSR count). The first-order chi connectivity index (χ1) is 17.0. The number of hydrogen-bond donors (Lipinski definition) is 4. The van der Waals surface area contributed by atoms with Gasteiger partial charge in [-0.25, -0.2) is 0 Å². The maximum atomic E-state index is 13.0. The fourth-order valence-electron chi connectivity index (χ4n) is 3.56. The van der Waals surface area contributed by atoms with Crippen LogP contribution in [-0.4, -0.2) is 53.1 Å². The van der Waals surface area contributed by atoms with Crippen molar-refractivity contribution in [1.82, 2.24) is 10.6 Å². The molecule has 202 valence electrons. The average Bonchev–Trinajstić information content (AvgIpc) is 2.83. The second-order valence-electron chi connectivity index (χ2n) is 9.55. The van der Waals surface area contributed by atoms with E-state index in [0.717, 1.165) is 36.8 Å². The van der Waals surface area contributed by atoms with Crippen LogP contribution in [0.2, 0.25) is 0 Å². The van der Waals surface area contributed by atoms with E-state index in [2.05, 4.69) is 17.6 Å². The zero-order valence-corrected chi connectivity index (χ0v) is 22.2. The number of rotatable bonds is 16. The fraction of sp³-hybridized carbons (Fsp3) is 0.630. The van der Waals surface area contributed by atoms with Crippen LogP contribution in [0.25, 0.3) is 0 Å². The molecule has 36 heavy (non-hydrogen) atoms. The Hall–Kier alpha value is -2.94. The Balaban J connectivity index is 2.97. The van der Waals surface area contributed by atoms with Gasteiger partial charge in [-0.3, -0.25) is 19.2 Å². The summed E-state index contributed by atoms with van der Waals surface area (Å²) in [6, 6.07) is 4.63. The van der Waals surface area contributed by atoms with Gasteiger partial charge >= 0.3 is 11.9 Å². The van der Waals surface area contributed by atoms with Crippen LogP contribution in [0.4, 0.5) is 0 Å². The third-order valence-corrected chi connectivity index (χ3v) is 6.30. The van der Waals surface area contributed by atoms with Crippen molar-refractivity contribution in [3.8, 4) is 0 Å². The Kier molecular flexibility index (Phi) is 13.8. The summed E-state index contributed by atoms with van der Waals surface area (Å²) >= 11 is 0. The molecule has 0 aliphatic carbocycles. The molecule has 5 atom stereocenters. The predicted molar refractivity (Wildman–Crippen MR) is 138 cm³/mol. The lowest BCUT2D eigenvalue weighted by atomic mass is 10.00. The van der Waals surface area contributed by atoms with Gasteiger partial charge in [0.2, 0.25) is 11.8 Å². The van der Waals surface area contributed by atoms with Crippen molar-refractivity contribution in [2.24, 2.45) is 11.7 Å². The van der Waals surface area contributed by atoms with E-state index in [4.69, 9.17) is 15.6 Å². The summed E-state index contributed by atoms with van der Waals surface area (Å²) in [5.74, 6) is -2.83. The Labute approximate surface area is 214 Å². The number of amides is 2. The molecule has 0 saturated carbocycles. The summed E-state index contributed by atoms with van der Waals surface area (Å²) in [6.45, 7) is 9.16. The molecule has 0 bridgehead atoms. The number of carbonyl (C=O) groups excluding carboxylic acids is 3. The lowest BCUT2D eigenvalue weighted by molar-refractivity contribution is -0.153. The molecule has 9 heteroatoms. The Morgan fingerprint density at radius 1 is 1.03 bits per heavy atom. The van der Waals surface area contributed by atoms with Crippen molar-refractivity contribution in [2.45, 2.75) is 104 Å². The lowest BCUT2D eigenvalue weighted by Gasteiger charge is -2.24. The van der Waals surface area contributed by atoms with E-state index in [-0.39, 0.29) is 18.8 Å². The van der Waals surface area contributed by atoms with Crippen molar-refractivity contribution in [3.63, 3.8) is 0 Å². The molecule has 0 aliphatic rings. The first kappa shape index (κ1) is 31.1. The SMILES string of the molecule is CCCCC[C@H](CC(=O)N[C@@H](Cc1ccc(C)cc1)C(=O)N[C@@H](C)C(=O)O)OC(=O)[C@H](N)[C@@H](C)CC. The molecule has 0 aromatic heterocycles. The maximum Gasteiger partial charge on any atom is 0.325 e. The molecule has 0 spiro atoms. The topological polar surface area (TPSA) is 148 Å². The van der Waals surface area contributed by atoms with E-state index in [1.807, 2.05) is 45.0 Å². The number of carboxylic acid groups (broad SMARTS) is 1. The predicted octanol–water partition coefficient (Wildman–Crippen LogP) is 2.87. The second kappa shape index (κ2) is 15.9. The molecule has 0 heterocycles. The molecular weight excluding hydrogens is 462 g/mol. The van der Waals surface area contributed by atoms with Crippen molar-refractivity contribution >= 4 is 23.8 Å². The number of carboxylic acids is 1. The summed E-state index contributed by atoms with van der Waals surface area (Å²) in [7, 11) is 0. The average molecular weight is 506 g/mol. The van der Waals surface area contributed by atoms with E-state index in [9.17, 15) is 19.2 Å². The monoisotopic (exact) mass is 505 g/mol. The number of unbranched alkanes of at least 4 members (excludes halogenated alkanes) is 2. The van der Waals surface area contributed by atoms with E-state index in [0.29, 0.717) is 6.42 Å². The molecule has 0 aliphatic heterocycles. The van der Waals surface area contributed by atoms with Gasteiger partial charge in [0.15, 0.2) is 0 Å². The van der Waals surface area contributed by atoms with Crippen LogP contribution in [0, 0.1) is 12.8 Å². The fourth-order valence-corrected chi connectivity index (χ4v) is 3.56. The van der Waals surface area contributed by atoms with Gasteiger partial charge in [-0.15, -0.1) is 0 Å². The molecular formula is C27H43N3O6. The van der Waals surface area contributed by atoms with Gasteiger partial charge < -0.3 is 26.2 Å². The first-order valence-corrected chi connectivity index (χ1v) is 12.8. The molecule has 1 aromatic carbocycles. The number of nitrogens with two attached hydrogens (primary N) is 1. The summed E-state index contributed by atoms with van der Waals surface area (Å²) in [4.78, 5) is 49.6. The zero-order chi connectivity index (χ0) is 27.3. The number of aryl methyl sites for hydroxylation is 1.